The second-order valence-electron chi connectivity index (χ2n) is 6.85. The molecule has 0 bridgehead atoms. The third-order valence-electron chi connectivity index (χ3n) is 4.66. The number of hydrogen-bond acceptors (Lipinski definition) is 4. The summed E-state index contributed by atoms with van der Waals surface area (Å²) in [6.07, 6.45) is 0.947. The number of rotatable bonds is 6. The molecule has 0 fully saturated rings. The van der Waals surface area contributed by atoms with Gasteiger partial charge in [0.2, 0.25) is 0 Å². The van der Waals surface area contributed by atoms with E-state index >= 15 is 0 Å². The van der Waals surface area contributed by atoms with E-state index in [1.165, 1.54) is 18.2 Å². The molecule has 0 unspecified atom stereocenters. The second kappa shape index (κ2) is 8.80. The Labute approximate surface area is 180 Å². The molecule has 32 heavy (non-hydrogen) atoms. The molecule has 1 aromatic heterocycles. The van der Waals surface area contributed by atoms with E-state index in [0.717, 1.165) is 29.7 Å². The number of halogens is 2. The maximum atomic E-state index is 13.7. The Morgan fingerprint density at radius 2 is 1.53 bits per heavy atom. The van der Waals surface area contributed by atoms with Crippen LogP contribution in [0.1, 0.15) is 48.0 Å². The van der Waals surface area contributed by atoms with Crippen LogP contribution in [0.4, 0.5) is 8.78 Å². The lowest BCUT2D eigenvalue weighted by molar-refractivity contribution is 0.0679. The molecular weight excluding hydrogens is 424 g/mol. The molecule has 1 heterocycles. The van der Waals surface area contributed by atoms with Crippen LogP contribution in [0.15, 0.2) is 47.6 Å². The van der Waals surface area contributed by atoms with Gasteiger partial charge >= 0.3 is 11.9 Å². The van der Waals surface area contributed by atoms with Crippen molar-refractivity contribution < 1.29 is 33.4 Å². The summed E-state index contributed by atoms with van der Waals surface area (Å²) in [6.45, 7) is 3.59. The number of nitrogens with one attached hydrogen (secondary N) is 1. The van der Waals surface area contributed by atoms with E-state index in [9.17, 15) is 28.3 Å². The number of benzene rings is 2. The van der Waals surface area contributed by atoms with Crippen molar-refractivity contribution in [3.63, 3.8) is 0 Å². The maximum absolute atomic E-state index is 13.7. The van der Waals surface area contributed by atoms with Crippen LogP contribution in [0.3, 0.4) is 0 Å². The quantitative estimate of drug-likeness (QED) is 0.399. The molecule has 0 aliphatic rings. The van der Waals surface area contributed by atoms with E-state index < -0.39 is 35.0 Å². The Bertz CT molecular complexity index is 1240. The van der Waals surface area contributed by atoms with Gasteiger partial charge in [-0.25, -0.2) is 23.8 Å². The zero-order valence-corrected chi connectivity index (χ0v) is 16.9. The normalized spacial score (nSPS) is 11.0. The summed E-state index contributed by atoms with van der Waals surface area (Å²) in [7, 11) is 0. The highest BCUT2D eigenvalue weighted by atomic mass is 19.1. The van der Waals surface area contributed by atoms with Crippen molar-refractivity contribution in [3.05, 3.63) is 87.7 Å². The van der Waals surface area contributed by atoms with Crippen LogP contribution in [0.2, 0.25) is 0 Å². The van der Waals surface area contributed by atoms with E-state index in [1.54, 1.807) is 18.4 Å². The molecule has 0 spiro atoms. The molecule has 3 N–H and O–H groups in total. The smallest absolute Gasteiger partial charge is 0.341 e. The summed E-state index contributed by atoms with van der Waals surface area (Å²) >= 11 is 0. The van der Waals surface area contributed by atoms with E-state index in [-0.39, 0.29) is 16.7 Å². The summed E-state index contributed by atoms with van der Waals surface area (Å²) in [5.74, 6) is -6.16. The molecule has 2 aromatic carbocycles. The lowest BCUT2D eigenvalue weighted by Crippen LogP contribution is -2.19. The summed E-state index contributed by atoms with van der Waals surface area (Å²) in [4.78, 5) is 34.9. The summed E-state index contributed by atoms with van der Waals surface area (Å²) < 4.78 is 29.2. The highest BCUT2D eigenvalue weighted by Gasteiger charge is 2.18. The Balaban J connectivity index is 1.87. The van der Waals surface area contributed by atoms with Crippen molar-refractivity contribution in [1.29, 1.82) is 0 Å². The lowest BCUT2D eigenvalue weighted by Gasteiger charge is -2.14. The van der Waals surface area contributed by atoms with Gasteiger partial charge in [-0.05, 0) is 56.3 Å². The number of amides is 1. The zero-order valence-electron chi connectivity index (χ0n) is 16.9. The molecule has 0 saturated carbocycles. The molecule has 8 nitrogen and oxygen atoms in total. The number of carbonyl (C=O) groups excluding carboxylic acids is 1. The first kappa shape index (κ1) is 22.3. The molecule has 164 valence electrons. The Morgan fingerprint density at radius 1 is 0.938 bits per heavy atom. The molecule has 0 radical (unpaired) electrons. The first-order chi connectivity index (χ1) is 15.1. The Kier molecular flexibility index (Phi) is 6.15. The molecular formula is C22H17F2N3O5. The van der Waals surface area contributed by atoms with E-state index in [1.807, 2.05) is 12.1 Å². The van der Waals surface area contributed by atoms with Gasteiger partial charge in [0.05, 0.1) is 17.5 Å². The summed E-state index contributed by atoms with van der Waals surface area (Å²) in [5, 5.41) is 21.9. The number of hydrazone groups is 1. The second-order valence-corrected chi connectivity index (χ2v) is 6.85. The summed E-state index contributed by atoms with van der Waals surface area (Å²) in [5.41, 5.74) is 2.93. The van der Waals surface area contributed by atoms with Crippen molar-refractivity contribution in [2.45, 2.75) is 13.8 Å². The number of aryl methyl sites for hydroxylation is 2. The number of carboxylic acids is 2. The number of carbonyl (C=O) groups is 3. The molecule has 0 aliphatic carbocycles. The van der Waals surface area contributed by atoms with Crippen molar-refractivity contribution in [1.82, 2.24) is 9.99 Å². The highest BCUT2D eigenvalue weighted by Crippen LogP contribution is 2.22. The molecule has 3 aromatic rings. The molecule has 3 rings (SSSR count). The van der Waals surface area contributed by atoms with Crippen molar-refractivity contribution >= 4 is 24.1 Å². The molecule has 10 heteroatoms. The lowest BCUT2D eigenvalue weighted by atomic mass is 10.1. The number of hydrogen-bond donors (Lipinski definition) is 3. The van der Waals surface area contributed by atoms with E-state index in [0.29, 0.717) is 5.69 Å². The van der Waals surface area contributed by atoms with Crippen LogP contribution >= 0.6 is 0 Å². The van der Waals surface area contributed by atoms with Gasteiger partial charge in [0.15, 0.2) is 0 Å². The fourth-order valence-corrected chi connectivity index (χ4v) is 3.19. The summed E-state index contributed by atoms with van der Waals surface area (Å²) in [6, 6.07) is 9.16. The number of carboxylic acid groups (broad SMARTS) is 2. The largest absolute Gasteiger partial charge is 0.478 e. The van der Waals surface area contributed by atoms with Crippen LogP contribution in [-0.2, 0) is 0 Å². The SMILES string of the molecule is Cc1ccc(C)n1-c1cc(C(=O)NN=Cc2cc(F)c(C(=O)O)c(F)c2)ccc1C(=O)O. The third-order valence-corrected chi connectivity index (χ3v) is 4.66. The van der Waals surface area contributed by atoms with Gasteiger partial charge in [0.1, 0.15) is 17.2 Å². The molecule has 0 saturated heterocycles. The first-order valence-electron chi connectivity index (χ1n) is 9.18. The van der Waals surface area contributed by atoms with Gasteiger partial charge in [0.25, 0.3) is 5.91 Å². The maximum Gasteiger partial charge on any atom is 0.341 e. The standard InChI is InChI=1S/C22H17F2N3O5/c1-11-3-4-12(2)27(11)18-9-14(5-6-15(18)21(29)30)20(28)26-25-10-13-7-16(23)19(22(31)32)17(24)8-13/h3-10H,1-2H3,(H,26,28)(H,29,30)(H,31,32). The van der Waals surface area contributed by atoms with Gasteiger partial charge in [-0.3, -0.25) is 4.79 Å². The predicted octanol–water partition coefficient (Wildman–Crippen LogP) is 3.53. The van der Waals surface area contributed by atoms with Gasteiger partial charge in [-0.1, -0.05) is 0 Å². The topological polar surface area (TPSA) is 121 Å². The first-order valence-corrected chi connectivity index (χ1v) is 9.18. The zero-order chi connectivity index (χ0) is 23.6. The number of aromatic carboxylic acids is 2. The van der Waals surface area contributed by atoms with Crippen LogP contribution in [0.25, 0.3) is 5.69 Å². The van der Waals surface area contributed by atoms with Crippen molar-refractivity contribution in [2.75, 3.05) is 0 Å². The fourth-order valence-electron chi connectivity index (χ4n) is 3.19. The minimum Gasteiger partial charge on any atom is -0.478 e. The number of nitrogens with zero attached hydrogens (tertiary/aromatic N) is 2. The van der Waals surface area contributed by atoms with Crippen molar-refractivity contribution in [2.24, 2.45) is 5.10 Å². The number of aromatic nitrogens is 1. The molecule has 0 atom stereocenters. The van der Waals surface area contributed by atoms with Gasteiger partial charge in [-0.15, -0.1) is 0 Å². The van der Waals surface area contributed by atoms with Crippen LogP contribution in [-0.4, -0.2) is 38.8 Å². The van der Waals surface area contributed by atoms with E-state index in [4.69, 9.17) is 5.11 Å². The monoisotopic (exact) mass is 441 g/mol. The predicted molar refractivity (Wildman–Crippen MR) is 111 cm³/mol. The average molecular weight is 441 g/mol. The third kappa shape index (κ3) is 4.38. The van der Waals surface area contributed by atoms with E-state index in [2.05, 4.69) is 10.5 Å². The molecule has 0 aliphatic heterocycles. The van der Waals surface area contributed by atoms with Gasteiger partial charge in [-0.2, -0.15) is 5.10 Å². The van der Waals surface area contributed by atoms with Crippen LogP contribution < -0.4 is 5.43 Å². The average Bonchev–Trinajstić information content (AvgIpc) is 3.04. The van der Waals surface area contributed by atoms with Crippen LogP contribution in [0.5, 0.6) is 0 Å². The Hall–Kier alpha value is -4.34. The van der Waals surface area contributed by atoms with Gasteiger partial charge < -0.3 is 14.8 Å². The van der Waals surface area contributed by atoms with Gasteiger partial charge in [0, 0.05) is 22.5 Å². The Morgan fingerprint density at radius 3 is 2.06 bits per heavy atom. The molecule has 1 amide bonds. The highest BCUT2D eigenvalue weighted by molar-refractivity contribution is 5.99. The van der Waals surface area contributed by atoms with Crippen LogP contribution in [0, 0.1) is 25.5 Å². The minimum absolute atomic E-state index is 0.00285. The fraction of sp³-hybridized carbons (Fsp3) is 0.0909. The minimum atomic E-state index is -1.74. The van der Waals surface area contributed by atoms with Crippen molar-refractivity contribution in [3.8, 4) is 5.69 Å².